The van der Waals surface area contributed by atoms with Crippen LogP contribution in [0.25, 0.3) is 5.57 Å². The minimum atomic E-state index is -0.670. The highest BCUT2D eigenvalue weighted by Crippen LogP contribution is 2.44. The molecule has 3 rings (SSSR count). The van der Waals surface area contributed by atoms with E-state index in [2.05, 4.69) is 9.98 Å². The summed E-state index contributed by atoms with van der Waals surface area (Å²) >= 11 is 0. The molecule has 0 radical (unpaired) electrons. The molecule has 2 heterocycles. The Morgan fingerprint density at radius 1 is 1.22 bits per heavy atom. The zero-order chi connectivity index (χ0) is 19.6. The van der Waals surface area contributed by atoms with E-state index in [0.29, 0.717) is 11.3 Å². The molecule has 1 aliphatic rings. The average Bonchev–Trinajstić information content (AvgIpc) is 2.67. The van der Waals surface area contributed by atoms with Crippen LogP contribution in [0.3, 0.4) is 0 Å². The Balaban J connectivity index is 2.25. The summed E-state index contributed by atoms with van der Waals surface area (Å²) < 4.78 is 5.02. The van der Waals surface area contributed by atoms with E-state index < -0.39 is 22.7 Å². The van der Waals surface area contributed by atoms with Gasteiger partial charge in [0.15, 0.2) is 0 Å². The standard InChI is InChI=1S/C20H19N3O4/c1-12-17(15-7-5-9-21-11-15)19(18(13(2)22-12)20(24)27-3)14-6-4-8-16(10-14)23(25)26/h4-11,18-19H,1-3H3. The SMILES string of the molecule is COC(=O)C1C(C)=NC(C)=C(c2cccnc2)C1c1cccc([N+](=O)[O-])c1. The highest BCUT2D eigenvalue weighted by atomic mass is 16.6. The van der Waals surface area contributed by atoms with Gasteiger partial charge in [-0.25, -0.2) is 0 Å². The van der Waals surface area contributed by atoms with Crippen molar-refractivity contribution in [2.45, 2.75) is 19.8 Å². The molecule has 138 valence electrons. The molecule has 0 N–H and O–H groups in total. The minimum Gasteiger partial charge on any atom is -0.468 e. The van der Waals surface area contributed by atoms with E-state index in [1.54, 1.807) is 37.5 Å². The van der Waals surface area contributed by atoms with Crippen molar-refractivity contribution in [3.8, 4) is 0 Å². The van der Waals surface area contributed by atoms with Crippen molar-refractivity contribution in [2.24, 2.45) is 10.9 Å². The van der Waals surface area contributed by atoms with Crippen LogP contribution in [0.15, 0.2) is 59.5 Å². The van der Waals surface area contributed by atoms with E-state index >= 15 is 0 Å². The second-order valence-electron chi connectivity index (χ2n) is 6.32. The van der Waals surface area contributed by atoms with Crippen LogP contribution in [-0.2, 0) is 9.53 Å². The first-order chi connectivity index (χ1) is 12.9. The van der Waals surface area contributed by atoms with Gasteiger partial charge in [0.2, 0.25) is 0 Å². The molecular weight excluding hydrogens is 346 g/mol. The summed E-state index contributed by atoms with van der Waals surface area (Å²) in [5.74, 6) is -1.56. The number of rotatable bonds is 4. The number of nitrogens with zero attached hydrogens (tertiary/aromatic N) is 3. The Hall–Kier alpha value is -3.35. The van der Waals surface area contributed by atoms with E-state index in [0.717, 1.165) is 16.8 Å². The van der Waals surface area contributed by atoms with Crippen LogP contribution in [0.2, 0.25) is 0 Å². The van der Waals surface area contributed by atoms with Crippen LogP contribution in [-0.4, -0.2) is 28.7 Å². The number of nitro benzene ring substituents is 1. The van der Waals surface area contributed by atoms with Gasteiger partial charge in [-0.15, -0.1) is 0 Å². The molecule has 0 fully saturated rings. The molecular formula is C20H19N3O4. The predicted octanol–water partition coefficient (Wildman–Crippen LogP) is 3.77. The first-order valence-corrected chi connectivity index (χ1v) is 8.42. The molecule has 0 bridgehead atoms. The van der Waals surface area contributed by atoms with Gasteiger partial charge in [-0.05, 0) is 36.6 Å². The summed E-state index contributed by atoms with van der Waals surface area (Å²) in [4.78, 5) is 32.1. The van der Waals surface area contributed by atoms with Crippen molar-refractivity contribution in [1.29, 1.82) is 0 Å². The molecule has 2 aromatic rings. The van der Waals surface area contributed by atoms with E-state index in [1.165, 1.54) is 19.2 Å². The summed E-state index contributed by atoms with van der Waals surface area (Å²) in [5, 5.41) is 11.3. The zero-order valence-corrected chi connectivity index (χ0v) is 15.2. The van der Waals surface area contributed by atoms with Gasteiger partial charge in [0.1, 0.15) is 5.92 Å². The topological polar surface area (TPSA) is 94.7 Å². The van der Waals surface area contributed by atoms with Gasteiger partial charge in [-0.3, -0.25) is 24.9 Å². The van der Waals surface area contributed by atoms with E-state index in [9.17, 15) is 14.9 Å². The van der Waals surface area contributed by atoms with Gasteiger partial charge < -0.3 is 4.74 Å². The summed E-state index contributed by atoms with van der Waals surface area (Å²) in [5.41, 5.74) is 3.62. The first-order valence-electron chi connectivity index (χ1n) is 8.42. The maximum Gasteiger partial charge on any atom is 0.315 e. The lowest BCUT2D eigenvalue weighted by Crippen LogP contribution is -2.33. The van der Waals surface area contributed by atoms with Gasteiger partial charge >= 0.3 is 5.97 Å². The number of ether oxygens (including phenoxy) is 1. The molecule has 0 saturated carbocycles. The van der Waals surface area contributed by atoms with Gasteiger partial charge in [0.05, 0.1) is 12.0 Å². The fourth-order valence-electron chi connectivity index (χ4n) is 3.56. The highest BCUT2D eigenvalue weighted by molar-refractivity contribution is 6.06. The maximum atomic E-state index is 12.6. The number of aliphatic imine (C=N–C) groups is 1. The Labute approximate surface area is 156 Å². The van der Waals surface area contributed by atoms with Crippen LogP contribution in [0.1, 0.15) is 30.9 Å². The van der Waals surface area contributed by atoms with Gasteiger partial charge in [0.25, 0.3) is 5.69 Å². The number of carbonyl (C=O) groups is 1. The van der Waals surface area contributed by atoms with E-state index in [4.69, 9.17) is 4.74 Å². The van der Waals surface area contributed by atoms with Crippen molar-refractivity contribution < 1.29 is 14.5 Å². The third-order valence-corrected chi connectivity index (χ3v) is 4.70. The molecule has 1 aromatic heterocycles. The Morgan fingerprint density at radius 2 is 2.00 bits per heavy atom. The largest absolute Gasteiger partial charge is 0.468 e. The second kappa shape index (κ2) is 7.49. The second-order valence-corrected chi connectivity index (χ2v) is 6.32. The number of nitro groups is 1. The molecule has 1 aliphatic heterocycles. The fourth-order valence-corrected chi connectivity index (χ4v) is 3.56. The molecule has 1 aromatic carbocycles. The Morgan fingerprint density at radius 3 is 2.63 bits per heavy atom. The van der Waals surface area contributed by atoms with Crippen molar-refractivity contribution in [3.63, 3.8) is 0 Å². The number of esters is 1. The number of non-ortho nitro benzene ring substituents is 1. The number of aromatic nitrogens is 1. The van der Waals surface area contributed by atoms with Crippen LogP contribution in [0.4, 0.5) is 5.69 Å². The van der Waals surface area contributed by atoms with Crippen molar-refractivity contribution >= 4 is 22.9 Å². The van der Waals surface area contributed by atoms with Gasteiger partial charge in [-0.1, -0.05) is 18.2 Å². The van der Waals surface area contributed by atoms with Crippen molar-refractivity contribution in [3.05, 3.63) is 75.7 Å². The molecule has 27 heavy (non-hydrogen) atoms. The molecule has 2 unspecified atom stereocenters. The number of hydrogen-bond acceptors (Lipinski definition) is 6. The third kappa shape index (κ3) is 3.48. The predicted molar refractivity (Wildman–Crippen MR) is 101 cm³/mol. The summed E-state index contributed by atoms with van der Waals surface area (Å²) in [7, 11) is 1.33. The van der Waals surface area contributed by atoms with Crippen LogP contribution >= 0.6 is 0 Å². The Bertz CT molecular complexity index is 951. The lowest BCUT2D eigenvalue weighted by molar-refractivity contribution is -0.384. The fraction of sp³-hybridized carbons (Fsp3) is 0.250. The summed E-state index contributed by atoms with van der Waals surface area (Å²) in [6, 6.07) is 10.0. The average molecular weight is 365 g/mol. The number of carbonyl (C=O) groups excluding carboxylic acids is 1. The van der Waals surface area contributed by atoms with Crippen molar-refractivity contribution in [2.75, 3.05) is 7.11 Å². The zero-order valence-electron chi connectivity index (χ0n) is 15.2. The highest BCUT2D eigenvalue weighted by Gasteiger charge is 2.40. The molecule has 0 aliphatic carbocycles. The number of hydrogen-bond donors (Lipinski definition) is 0. The molecule has 0 spiro atoms. The van der Waals surface area contributed by atoms with Crippen LogP contribution < -0.4 is 0 Å². The van der Waals surface area contributed by atoms with Crippen LogP contribution in [0.5, 0.6) is 0 Å². The molecule has 0 amide bonds. The third-order valence-electron chi connectivity index (χ3n) is 4.70. The Kier molecular flexibility index (Phi) is 5.12. The quantitative estimate of drug-likeness (QED) is 0.467. The van der Waals surface area contributed by atoms with E-state index in [1.807, 2.05) is 13.0 Å². The maximum absolute atomic E-state index is 12.6. The number of methoxy groups -OCH3 is 1. The first kappa shape index (κ1) is 18.4. The molecule has 7 heteroatoms. The molecule has 2 atom stereocenters. The van der Waals surface area contributed by atoms with Gasteiger partial charge in [0, 0.05) is 41.9 Å². The molecule has 7 nitrogen and oxygen atoms in total. The lowest BCUT2D eigenvalue weighted by Gasteiger charge is -2.32. The smallest absolute Gasteiger partial charge is 0.315 e. The van der Waals surface area contributed by atoms with E-state index in [-0.39, 0.29) is 5.69 Å². The van der Waals surface area contributed by atoms with Crippen molar-refractivity contribution in [1.82, 2.24) is 4.98 Å². The number of allylic oxidation sites excluding steroid dienone is 2. The minimum absolute atomic E-state index is 0.0283. The number of pyridine rings is 1. The summed E-state index contributed by atoms with van der Waals surface area (Å²) in [6.07, 6.45) is 3.37. The summed E-state index contributed by atoms with van der Waals surface area (Å²) in [6.45, 7) is 3.64. The number of benzene rings is 1. The van der Waals surface area contributed by atoms with Crippen LogP contribution in [0, 0.1) is 16.0 Å². The monoisotopic (exact) mass is 365 g/mol. The molecule has 0 saturated heterocycles. The normalized spacial score (nSPS) is 19.4. The van der Waals surface area contributed by atoms with Gasteiger partial charge in [-0.2, -0.15) is 0 Å². The lowest BCUT2D eigenvalue weighted by atomic mass is 9.73.